The fraction of sp³-hybridized carbons (Fsp3) is 0.483. The lowest BCUT2D eigenvalue weighted by molar-refractivity contribution is -0.137. The number of likely N-dealkylation sites (N-methyl/N-ethyl adjacent to an activating group) is 1. The van der Waals surface area contributed by atoms with Crippen molar-refractivity contribution in [3.8, 4) is 11.5 Å². The Morgan fingerprint density at radius 1 is 0.829 bits per heavy atom. The van der Waals surface area contributed by atoms with E-state index >= 15 is 0 Å². The van der Waals surface area contributed by atoms with Crippen molar-refractivity contribution >= 4 is 14.0 Å². The molecule has 2 rings (SSSR count). The Hall–Kier alpha value is -2.43. The summed E-state index contributed by atoms with van der Waals surface area (Å²) in [6.45, 7) is 13.2. The molecule has 1 amide bonds. The fourth-order valence-electron chi connectivity index (χ4n) is 5.33. The number of hydrogen-bond acceptors (Lipinski definition) is 4. The minimum atomic E-state index is -2.08. The van der Waals surface area contributed by atoms with Crippen LogP contribution in [0.5, 0.6) is 0 Å². The maximum atomic E-state index is 13.4. The third-order valence-corrected chi connectivity index (χ3v) is 13.6. The van der Waals surface area contributed by atoms with Crippen LogP contribution in [0.2, 0.25) is 16.6 Å². The molecular formula is C29H42N2O3Si. The minimum Gasteiger partial charge on any atom is -0.386 e. The third-order valence-electron chi connectivity index (χ3n) is 7.27. The van der Waals surface area contributed by atoms with E-state index in [2.05, 4.69) is 53.0 Å². The number of carbonyl (C=O) groups excluding carboxylic acids is 1. The predicted octanol–water partition coefficient (Wildman–Crippen LogP) is 4.83. The van der Waals surface area contributed by atoms with Crippen LogP contribution in [0.25, 0.3) is 0 Å². The molecule has 0 bridgehead atoms. The van der Waals surface area contributed by atoms with Crippen LogP contribution < -0.4 is 5.73 Å². The largest absolute Gasteiger partial charge is 0.386 e. The molecular weight excluding hydrogens is 452 g/mol. The number of nitrogens with zero attached hydrogens (tertiary/aromatic N) is 1. The van der Waals surface area contributed by atoms with Gasteiger partial charge in [0.25, 0.3) is 0 Å². The Labute approximate surface area is 212 Å². The first-order valence-electron chi connectivity index (χ1n) is 12.5. The number of amides is 1. The van der Waals surface area contributed by atoms with Gasteiger partial charge in [-0.05, 0) is 27.8 Å². The quantitative estimate of drug-likeness (QED) is 0.344. The van der Waals surface area contributed by atoms with Crippen molar-refractivity contribution in [1.29, 1.82) is 0 Å². The molecule has 0 saturated carbocycles. The summed E-state index contributed by atoms with van der Waals surface area (Å²) in [6.07, 6.45) is -2.26. The Balaban J connectivity index is 2.37. The van der Waals surface area contributed by atoms with Gasteiger partial charge in [0, 0.05) is 7.05 Å². The van der Waals surface area contributed by atoms with Crippen molar-refractivity contribution in [2.24, 2.45) is 5.73 Å². The fourth-order valence-corrected chi connectivity index (χ4v) is 10.6. The summed E-state index contributed by atoms with van der Waals surface area (Å²) in [4.78, 5) is 14.9. The molecule has 5 nitrogen and oxygen atoms in total. The second-order valence-corrected chi connectivity index (χ2v) is 15.9. The highest BCUT2D eigenvalue weighted by Gasteiger charge is 2.42. The van der Waals surface area contributed by atoms with E-state index in [0.717, 1.165) is 5.56 Å². The van der Waals surface area contributed by atoms with Crippen LogP contribution >= 0.6 is 0 Å². The number of hydrogen-bond donors (Lipinski definition) is 3. The highest BCUT2D eigenvalue weighted by molar-refractivity contribution is 6.90. The molecule has 6 heteroatoms. The first-order chi connectivity index (χ1) is 16.4. The molecule has 2 aromatic rings. The zero-order valence-electron chi connectivity index (χ0n) is 22.1. The first-order valence-corrected chi connectivity index (χ1v) is 14.7. The molecule has 0 unspecified atom stereocenters. The van der Waals surface area contributed by atoms with Crippen LogP contribution in [0.3, 0.4) is 0 Å². The number of benzene rings is 2. The molecule has 0 aliphatic heterocycles. The Morgan fingerprint density at radius 3 is 1.69 bits per heavy atom. The molecule has 0 fully saturated rings. The summed E-state index contributed by atoms with van der Waals surface area (Å²) in [5.74, 6) is 2.50. The molecule has 0 spiro atoms. The van der Waals surface area contributed by atoms with Crippen LogP contribution in [0.15, 0.2) is 60.7 Å². The molecule has 0 aliphatic carbocycles. The van der Waals surface area contributed by atoms with Crippen LogP contribution in [0.1, 0.15) is 64.8 Å². The zero-order valence-corrected chi connectivity index (χ0v) is 23.1. The third kappa shape index (κ3) is 6.42. The molecule has 0 saturated heterocycles. The second kappa shape index (κ2) is 12.5. The van der Waals surface area contributed by atoms with Gasteiger partial charge < -0.3 is 20.8 Å². The summed E-state index contributed by atoms with van der Waals surface area (Å²) < 4.78 is 0. The standard InChI is InChI=1S/C29H42N2O3Si/c1-20(2)35(21(3)4,22(5)6)19-18-25(32)26(30)29(34)31(7)27(23-14-10-8-11-15-23)28(33)24-16-12-9-13-17-24/h8-17,20-22,25-28,32-33H,30H2,1-7H3/t25-,26+,27-,28-/m1/s1. The van der Waals surface area contributed by atoms with Crippen molar-refractivity contribution < 1.29 is 15.0 Å². The topological polar surface area (TPSA) is 86.8 Å². The molecule has 0 aromatic heterocycles. The number of nitrogens with two attached hydrogens (primary N) is 1. The smallest absolute Gasteiger partial charge is 0.243 e. The number of aliphatic hydroxyl groups excluding tert-OH is 2. The van der Waals surface area contributed by atoms with Gasteiger partial charge in [-0.15, -0.1) is 5.54 Å². The van der Waals surface area contributed by atoms with E-state index < -0.39 is 38.3 Å². The molecule has 190 valence electrons. The van der Waals surface area contributed by atoms with Crippen molar-refractivity contribution in [1.82, 2.24) is 4.90 Å². The van der Waals surface area contributed by atoms with Crippen LogP contribution in [0, 0.1) is 11.5 Å². The van der Waals surface area contributed by atoms with Gasteiger partial charge >= 0.3 is 0 Å². The van der Waals surface area contributed by atoms with Crippen molar-refractivity contribution in [3.63, 3.8) is 0 Å². The average molecular weight is 495 g/mol. The molecule has 4 atom stereocenters. The lowest BCUT2D eigenvalue weighted by atomic mass is 9.94. The van der Waals surface area contributed by atoms with Crippen LogP contribution in [0.4, 0.5) is 0 Å². The Morgan fingerprint density at radius 2 is 1.26 bits per heavy atom. The summed E-state index contributed by atoms with van der Waals surface area (Å²) in [5, 5.41) is 22.1. The van der Waals surface area contributed by atoms with Crippen molar-refractivity contribution in [2.75, 3.05) is 7.05 Å². The maximum absolute atomic E-state index is 13.4. The number of aliphatic hydroxyl groups is 2. The molecule has 35 heavy (non-hydrogen) atoms. The summed E-state index contributed by atoms with van der Waals surface area (Å²) in [5.41, 5.74) is 12.4. The number of carbonyl (C=O) groups is 1. The second-order valence-electron chi connectivity index (χ2n) is 10.3. The minimum absolute atomic E-state index is 0.403. The molecule has 2 aromatic carbocycles. The lowest BCUT2D eigenvalue weighted by Gasteiger charge is -2.38. The van der Waals surface area contributed by atoms with E-state index in [4.69, 9.17) is 5.73 Å². The van der Waals surface area contributed by atoms with E-state index in [-0.39, 0.29) is 0 Å². The zero-order chi connectivity index (χ0) is 26.3. The molecule has 4 N–H and O–H groups in total. The van der Waals surface area contributed by atoms with E-state index in [1.54, 1.807) is 7.05 Å². The first kappa shape index (κ1) is 28.8. The van der Waals surface area contributed by atoms with Gasteiger partial charge in [0.15, 0.2) is 0 Å². The maximum Gasteiger partial charge on any atom is 0.243 e. The molecule has 0 radical (unpaired) electrons. The molecule has 0 aliphatic rings. The lowest BCUT2D eigenvalue weighted by Crippen LogP contribution is -2.50. The van der Waals surface area contributed by atoms with E-state index in [1.165, 1.54) is 4.90 Å². The van der Waals surface area contributed by atoms with Gasteiger partial charge in [-0.25, -0.2) is 0 Å². The van der Waals surface area contributed by atoms with Crippen LogP contribution in [-0.2, 0) is 4.79 Å². The van der Waals surface area contributed by atoms with Gasteiger partial charge in [-0.2, -0.15) is 0 Å². The van der Waals surface area contributed by atoms with E-state index in [1.807, 2.05) is 60.7 Å². The Kier molecular flexibility index (Phi) is 10.3. The molecule has 0 heterocycles. The predicted molar refractivity (Wildman–Crippen MR) is 146 cm³/mol. The van der Waals surface area contributed by atoms with Gasteiger partial charge in [0.1, 0.15) is 26.3 Å². The van der Waals surface area contributed by atoms with Gasteiger partial charge in [0.05, 0.1) is 6.04 Å². The highest BCUT2D eigenvalue weighted by atomic mass is 28.3. The number of rotatable bonds is 9. The van der Waals surface area contributed by atoms with E-state index in [0.29, 0.717) is 22.2 Å². The van der Waals surface area contributed by atoms with Crippen molar-refractivity contribution in [3.05, 3.63) is 71.8 Å². The van der Waals surface area contributed by atoms with Gasteiger partial charge in [0.2, 0.25) is 5.91 Å². The summed E-state index contributed by atoms with van der Waals surface area (Å²) >= 11 is 0. The monoisotopic (exact) mass is 494 g/mol. The normalized spacial score (nSPS) is 15.3. The van der Waals surface area contributed by atoms with Gasteiger partial charge in [-0.3, -0.25) is 4.79 Å². The Bertz CT molecular complexity index is 977. The average Bonchev–Trinajstić information content (AvgIpc) is 2.83. The SMILES string of the molecule is CC(C)[Si](C#C[C@@H](O)[C@H](N)C(=O)N(C)[C@H](c1ccccc1)[C@H](O)c1ccccc1)(C(C)C)C(C)C. The van der Waals surface area contributed by atoms with Gasteiger partial charge in [-0.1, -0.05) is 108 Å². The van der Waals surface area contributed by atoms with Crippen LogP contribution in [-0.4, -0.2) is 48.3 Å². The summed E-state index contributed by atoms with van der Waals surface area (Å²) in [7, 11) is -0.464. The van der Waals surface area contributed by atoms with E-state index in [9.17, 15) is 15.0 Å². The van der Waals surface area contributed by atoms with Crippen molar-refractivity contribution in [2.45, 2.75) is 82.5 Å². The summed E-state index contributed by atoms with van der Waals surface area (Å²) in [6, 6.07) is 16.7. The highest BCUT2D eigenvalue weighted by Crippen LogP contribution is 2.40.